The van der Waals surface area contributed by atoms with Gasteiger partial charge in [0.25, 0.3) is 10.0 Å². The van der Waals surface area contributed by atoms with Crippen LogP contribution in [-0.2, 0) is 23.1 Å². The largest absolute Gasteiger partial charge is 0.497 e. The molecule has 1 aromatic heterocycles. The summed E-state index contributed by atoms with van der Waals surface area (Å²) in [7, 11) is -0.973. The highest BCUT2D eigenvalue weighted by molar-refractivity contribution is 7.89. The van der Waals surface area contributed by atoms with E-state index in [2.05, 4.69) is 4.98 Å². The quantitative estimate of drug-likeness (QED) is 0.579. The summed E-state index contributed by atoms with van der Waals surface area (Å²) in [6.45, 7) is 0.167. The van der Waals surface area contributed by atoms with Gasteiger partial charge in [-0.3, -0.25) is 4.98 Å². The number of carbonyl (C=O) groups is 1. The number of nitrogens with zero attached hydrogens (tertiary/aromatic N) is 3. The third-order valence-corrected chi connectivity index (χ3v) is 6.21. The van der Waals surface area contributed by atoms with Crippen LogP contribution in [0.15, 0.2) is 84.0 Å². The van der Waals surface area contributed by atoms with Crippen molar-refractivity contribution in [3.63, 3.8) is 0 Å². The average Bonchev–Trinajstić information content (AvgIpc) is 2.78. The summed E-state index contributed by atoms with van der Waals surface area (Å²) in [4.78, 5) is 18.5. The highest BCUT2D eigenvalue weighted by atomic mass is 32.2. The first-order valence-electron chi connectivity index (χ1n) is 9.26. The normalized spacial score (nSPS) is 11.0. The molecule has 0 aliphatic rings. The van der Waals surface area contributed by atoms with E-state index in [1.54, 1.807) is 38.4 Å². The van der Waals surface area contributed by atoms with E-state index in [0.29, 0.717) is 11.3 Å². The third-order valence-electron chi connectivity index (χ3n) is 4.51. The van der Waals surface area contributed by atoms with Crippen LogP contribution >= 0.6 is 0 Å². The molecule has 2 amide bonds. The fraction of sp³-hybridized carbons (Fsp3) is 0.182. The van der Waals surface area contributed by atoms with Gasteiger partial charge in [0.05, 0.1) is 13.7 Å². The van der Waals surface area contributed by atoms with Crippen LogP contribution in [0.4, 0.5) is 4.79 Å². The molecule has 2 aromatic carbocycles. The van der Waals surface area contributed by atoms with Crippen molar-refractivity contribution in [3.8, 4) is 5.75 Å². The SMILES string of the molecule is COc1ccc(CN(C(=O)N(C)Cc2ccccc2)S(=O)(=O)c2cccnc2)cc1. The molecular weight excluding hydrogens is 402 g/mol. The minimum absolute atomic E-state index is 0.0417. The second-order valence-electron chi connectivity index (χ2n) is 6.67. The summed E-state index contributed by atoms with van der Waals surface area (Å²) in [5.74, 6) is 0.646. The second kappa shape index (κ2) is 9.41. The van der Waals surface area contributed by atoms with Crippen molar-refractivity contribution >= 4 is 16.1 Å². The number of urea groups is 1. The molecule has 0 atom stereocenters. The van der Waals surface area contributed by atoms with Crippen molar-refractivity contribution in [2.75, 3.05) is 14.2 Å². The molecule has 3 rings (SSSR count). The van der Waals surface area contributed by atoms with Gasteiger partial charge in [0, 0.05) is 26.0 Å². The molecule has 1 heterocycles. The molecule has 0 saturated heterocycles. The molecule has 0 radical (unpaired) electrons. The summed E-state index contributed by atoms with van der Waals surface area (Å²) >= 11 is 0. The maximum Gasteiger partial charge on any atom is 0.334 e. The number of carbonyl (C=O) groups excluding carboxylic acids is 1. The van der Waals surface area contributed by atoms with Crippen LogP contribution in [0.3, 0.4) is 0 Å². The van der Waals surface area contributed by atoms with Gasteiger partial charge in [-0.2, -0.15) is 0 Å². The van der Waals surface area contributed by atoms with Crippen molar-refractivity contribution in [2.45, 2.75) is 18.0 Å². The minimum Gasteiger partial charge on any atom is -0.497 e. The van der Waals surface area contributed by atoms with Crippen LogP contribution in [0.2, 0.25) is 0 Å². The third kappa shape index (κ3) is 4.96. The van der Waals surface area contributed by atoms with Gasteiger partial charge in [0.15, 0.2) is 0 Å². The van der Waals surface area contributed by atoms with E-state index >= 15 is 0 Å². The molecule has 0 fully saturated rings. The average molecular weight is 426 g/mol. The van der Waals surface area contributed by atoms with E-state index in [1.165, 1.54) is 29.4 Å². The lowest BCUT2D eigenvalue weighted by molar-refractivity contribution is 0.185. The molecular formula is C22H23N3O4S. The lowest BCUT2D eigenvalue weighted by Crippen LogP contribution is -2.43. The van der Waals surface area contributed by atoms with Gasteiger partial charge in [-0.15, -0.1) is 0 Å². The summed E-state index contributed by atoms with van der Waals surface area (Å²) in [5.41, 5.74) is 1.56. The first kappa shape index (κ1) is 21.3. The Morgan fingerprint density at radius 3 is 2.20 bits per heavy atom. The number of amides is 2. The molecule has 0 N–H and O–H groups in total. The predicted octanol–water partition coefficient (Wildman–Crippen LogP) is 3.53. The van der Waals surface area contributed by atoms with Crippen molar-refractivity contribution in [1.29, 1.82) is 0 Å². The number of methoxy groups -OCH3 is 1. The van der Waals surface area contributed by atoms with Crippen LogP contribution in [0.1, 0.15) is 11.1 Å². The number of hydrogen-bond donors (Lipinski definition) is 0. The first-order valence-corrected chi connectivity index (χ1v) is 10.7. The second-order valence-corrected chi connectivity index (χ2v) is 8.54. The van der Waals surface area contributed by atoms with E-state index in [9.17, 15) is 13.2 Å². The van der Waals surface area contributed by atoms with Crippen LogP contribution in [-0.4, -0.2) is 42.8 Å². The summed E-state index contributed by atoms with van der Waals surface area (Å²) in [6, 6.07) is 18.6. The van der Waals surface area contributed by atoms with Gasteiger partial charge in [-0.25, -0.2) is 17.5 Å². The Bertz CT molecular complexity index is 1070. The molecule has 0 aliphatic carbocycles. The lowest BCUT2D eigenvalue weighted by atomic mass is 10.2. The van der Waals surface area contributed by atoms with Crippen LogP contribution in [0, 0.1) is 0 Å². The minimum atomic E-state index is -4.10. The van der Waals surface area contributed by atoms with Crippen molar-refractivity contribution < 1.29 is 17.9 Å². The number of rotatable bonds is 7. The van der Waals surface area contributed by atoms with E-state index in [-0.39, 0.29) is 18.0 Å². The molecule has 0 saturated carbocycles. The van der Waals surface area contributed by atoms with Gasteiger partial charge in [-0.1, -0.05) is 42.5 Å². The monoisotopic (exact) mass is 425 g/mol. The topological polar surface area (TPSA) is 79.8 Å². The zero-order chi connectivity index (χ0) is 21.6. The number of sulfonamides is 1. The van der Waals surface area contributed by atoms with Gasteiger partial charge in [0.1, 0.15) is 10.6 Å². The van der Waals surface area contributed by atoms with Gasteiger partial charge < -0.3 is 9.64 Å². The Morgan fingerprint density at radius 1 is 0.933 bits per heavy atom. The smallest absolute Gasteiger partial charge is 0.334 e. The molecule has 8 heteroatoms. The Labute approximate surface area is 176 Å². The summed E-state index contributed by atoms with van der Waals surface area (Å²) < 4.78 is 32.6. The molecule has 0 bridgehead atoms. The van der Waals surface area contributed by atoms with Crippen molar-refractivity contribution in [1.82, 2.24) is 14.2 Å². The number of benzene rings is 2. The molecule has 156 valence electrons. The maximum atomic E-state index is 13.3. The van der Waals surface area contributed by atoms with Gasteiger partial charge in [-0.05, 0) is 35.4 Å². The van der Waals surface area contributed by atoms with Crippen LogP contribution in [0.25, 0.3) is 0 Å². The Balaban J connectivity index is 1.92. The highest BCUT2D eigenvalue weighted by Gasteiger charge is 2.32. The Morgan fingerprint density at radius 2 is 1.60 bits per heavy atom. The van der Waals surface area contributed by atoms with Crippen LogP contribution in [0.5, 0.6) is 5.75 Å². The van der Waals surface area contributed by atoms with Gasteiger partial charge in [0.2, 0.25) is 0 Å². The van der Waals surface area contributed by atoms with E-state index < -0.39 is 16.1 Å². The van der Waals surface area contributed by atoms with Crippen LogP contribution < -0.4 is 4.74 Å². The van der Waals surface area contributed by atoms with Gasteiger partial charge >= 0.3 is 6.03 Å². The van der Waals surface area contributed by atoms with Crippen molar-refractivity contribution in [3.05, 3.63) is 90.3 Å². The Hall–Kier alpha value is -3.39. The first-order chi connectivity index (χ1) is 14.4. The standard InChI is InChI=1S/C22H23N3O4S/c1-24(16-18-7-4-3-5-8-18)22(26)25(17-19-10-12-20(29-2)13-11-19)30(27,28)21-9-6-14-23-15-21/h3-15H,16-17H2,1-2H3. The van der Waals surface area contributed by atoms with Crippen molar-refractivity contribution in [2.24, 2.45) is 0 Å². The number of aromatic nitrogens is 1. The molecule has 30 heavy (non-hydrogen) atoms. The maximum absolute atomic E-state index is 13.3. The molecule has 3 aromatic rings. The fourth-order valence-electron chi connectivity index (χ4n) is 2.89. The Kier molecular flexibility index (Phi) is 6.68. The predicted molar refractivity (Wildman–Crippen MR) is 113 cm³/mol. The van der Waals surface area contributed by atoms with E-state index in [1.807, 2.05) is 30.3 Å². The highest BCUT2D eigenvalue weighted by Crippen LogP contribution is 2.21. The molecule has 0 spiro atoms. The molecule has 0 aliphatic heterocycles. The van der Waals surface area contributed by atoms with E-state index in [0.717, 1.165) is 9.87 Å². The lowest BCUT2D eigenvalue weighted by Gasteiger charge is -2.28. The number of ether oxygens (including phenoxy) is 1. The zero-order valence-corrected chi connectivity index (χ0v) is 17.6. The number of pyridine rings is 1. The zero-order valence-electron chi connectivity index (χ0n) is 16.8. The molecule has 0 unspecified atom stereocenters. The molecule has 7 nitrogen and oxygen atoms in total. The fourth-order valence-corrected chi connectivity index (χ4v) is 4.26. The summed E-state index contributed by atoms with van der Waals surface area (Å²) in [5, 5.41) is 0. The van der Waals surface area contributed by atoms with E-state index in [4.69, 9.17) is 4.74 Å². The summed E-state index contributed by atoms with van der Waals surface area (Å²) in [6.07, 6.45) is 2.72. The number of hydrogen-bond acceptors (Lipinski definition) is 5.